The average Bonchev–Trinajstić information content (AvgIpc) is 2.94. The molecule has 1 amide bonds. The van der Waals surface area contributed by atoms with Gasteiger partial charge in [0.25, 0.3) is 5.91 Å². The lowest BCUT2D eigenvalue weighted by molar-refractivity contribution is -0.215. The molecule has 4 aromatic rings. The molecule has 1 N–H and O–H groups in total. The van der Waals surface area contributed by atoms with Crippen LogP contribution >= 0.6 is 0 Å². The summed E-state index contributed by atoms with van der Waals surface area (Å²) in [5.41, 5.74) is 2.77. The van der Waals surface area contributed by atoms with E-state index in [9.17, 15) is 14.1 Å². The van der Waals surface area contributed by atoms with E-state index in [2.05, 4.69) is 10.3 Å². The highest BCUT2D eigenvalue weighted by atomic mass is 19.3. The first-order valence-corrected chi connectivity index (χ1v) is 11.4. The van der Waals surface area contributed by atoms with Crippen LogP contribution in [0.1, 0.15) is 5.56 Å². The summed E-state index contributed by atoms with van der Waals surface area (Å²) in [5, 5.41) is 2.51. The van der Waals surface area contributed by atoms with E-state index in [4.69, 9.17) is 0 Å². The number of nitrogens with zero attached hydrogens (tertiary/aromatic N) is 1. The molecule has 0 fully saturated rings. The van der Waals surface area contributed by atoms with Gasteiger partial charge in [-0.1, -0.05) is 91.0 Å². The second-order valence-electron chi connectivity index (χ2n) is 8.17. The smallest absolute Gasteiger partial charge is 0.296 e. The fourth-order valence-corrected chi connectivity index (χ4v) is 4.01. The highest BCUT2D eigenvalue weighted by Crippen LogP contribution is 2.31. The molecule has 1 atom stereocenters. The van der Waals surface area contributed by atoms with E-state index in [0.29, 0.717) is 16.9 Å². The van der Waals surface area contributed by atoms with Crippen LogP contribution in [0, 0.1) is 0 Å². The topological polar surface area (TPSA) is 58.6 Å². The Bertz CT molecular complexity index is 1300. The molecular weight excluding hydrogens is 481 g/mol. The van der Waals surface area contributed by atoms with Gasteiger partial charge in [-0.25, -0.2) is 9.74 Å². The van der Waals surface area contributed by atoms with Crippen LogP contribution in [0.25, 0.3) is 11.1 Å². The molecule has 0 saturated heterocycles. The molecule has 188 valence electrons. The highest BCUT2D eigenvalue weighted by Gasteiger charge is 2.55. The van der Waals surface area contributed by atoms with Gasteiger partial charge in [-0.15, -0.1) is 0 Å². The maximum atomic E-state index is 15.2. The third-order valence-electron chi connectivity index (χ3n) is 5.80. The number of carbonyl (C=O) groups is 2. The Morgan fingerprint density at radius 2 is 1.24 bits per heavy atom. The van der Waals surface area contributed by atoms with Crippen molar-refractivity contribution in [3.8, 4) is 11.1 Å². The first kappa shape index (κ1) is 25.7. The zero-order valence-electron chi connectivity index (χ0n) is 19.6. The molecule has 0 heterocycles. The van der Waals surface area contributed by atoms with Gasteiger partial charge >= 0.3 is 11.9 Å². The molecule has 4 rings (SSSR count). The summed E-state index contributed by atoms with van der Waals surface area (Å²) in [7, 11) is 0. The minimum absolute atomic E-state index is 0.214. The summed E-state index contributed by atoms with van der Waals surface area (Å²) in [4.78, 5) is 29.5. The predicted octanol–water partition coefficient (Wildman–Crippen LogP) is 6.24. The Balaban J connectivity index is 1.73. The summed E-state index contributed by atoms with van der Waals surface area (Å²) in [6.07, 6.45) is 0. The third-order valence-corrected chi connectivity index (χ3v) is 5.80. The van der Waals surface area contributed by atoms with E-state index in [0.717, 1.165) is 16.0 Å². The lowest BCUT2D eigenvalue weighted by Crippen LogP contribution is -2.58. The minimum Gasteiger partial charge on any atom is -0.296 e. The van der Waals surface area contributed by atoms with Gasteiger partial charge in [0.2, 0.25) is 0 Å². The molecule has 37 heavy (non-hydrogen) atoms. The fourth-order valence-electron chi connectivity index (χ4n) is 4.01. The Morgan fingerprint density at radius 3 is 1.78 bits per heavy atom. The van der Waals surface area contributed by atoms with Crippen molar-refractivity contribution in [1.82, 2.24) is 5.32 Å². The number of hydrogen-bond donors (Lipinski definition) is 1. The lowest BCUT2D eigenvalue weighted by Gasteiger charge is -2.31. The van der Waals surface area contributed by atoms with Crippen LogP contribution in [0.2, 0.25) is 0 Å². The van der Waals surface area contributed by atoms with Crippen molar-refractivity contribution in [3.63, 3.8) is 0 Å². The fraction of sp³-hybridized carbons (Fsp3) is 0.103. The number of nitrogens with one attached hydrogen (secondary N) is 1. The minimum atomic E-state index is -4.52. The molecule has 0 saturated carbocycles. The molecular formula is C29H23F3N2O3. The van der Waals surface area contributed by atoms with E-state index in [1.54, 1.807) is 78.9 Å². The quantitative estimate of drug-likeness (QED) is 0.293. The van der Waals surface area contributed by atoms with Crippen LogP contribution in [-0.2, 0) is 21.1 Å². The van der Waals surface area contributed by atoms with Crippen molar-refractivity contribution in [2.75, 3.05) is 4.90 Å². The molecule has 4 aromatic carbocycles. The summed E-state index contributed by atoms with van der Waals surface area (Å²) >= 11 is 0. The van der Waals surface area contributed by atoms with Crippen molar-refractivity contribution in [2.24, 2.45) is 0 Å². The van der Waals surface area contributed by atoms with Gasteiger partial charge in [0.05, 0.1) is 0 Å². The monoisotopic (exact) mass is 504 g/mol. The highest BCUT2D eigenvalue weighted by molar-refractivity contribution is 6.06. The number of benzene rings is 4. The van der Waals surface area contributed by atoms with E-state index < -0.39 is 23.8 Å². The van der Waals surface area contributed by atoms with E-state index >= 15 is 8.78 Å². The second-order valence-corrected chi connectivity index (χ2v) is 8.17. The molecule has 0 aliphatic carbocycles. The third kappa shape index (κ3) is 5.70. The largest absolute Gasteiger partial charge is 0.419 e. The average molecular weight is 505 g/mol. The molecule has 8 heteroatoms. The molecule has 0 spiro atoms. The van der Waals surface area contributed by atoms with E-state index in [-0.39, 0.29) is 6.54 Å². The van der Waals surface area contributed by atoms with Crippen LogP contribution in [0.3, 0.4) is 0 Å². The van der Waals surface area contributed by atoms with Gasteiger partial charge < -0.3 is 0 Å². The molecule has 0 aromatic heterocycles. The number of alkyl halides is 2. The number of rotatable bonds is 9. The number of hydrogen-bond acceptors (Lipinski definition) is 4. The van der Waals surface area contributed by atoms with Crippen LogP contribution in [0.4, 0.5) is 24.7 Å². The van der Waals surface area contributed by atoms with Gasteiger partial charge in [0.15, 0.2) is 6.04 Å². The Morgan fingerprint density at radius 1 is 0.757 bits per heavy atom. The van der Waals surface area contributed by atoms with E-state index in [1.807, 2.05) is 36.4 Å². The number of carbonyl (C=O) groups excluding carboxylic acids is 2. The summed E-state index contributed by atoms with van der Waals surface area (Å²) < 4.78 is 43.2. The van der Waals surface area contributed by atoms with Gasteiger partial charge in [-0.3, -0.25) is 15.0 Å². The Hall–Kier alpha value is -4.43. The molecule has 0 aliphatic rings. The second kappa shape index (κ2) is 11.5. The predicted molar refractivity (Wildman–Crippen MR) is 135 cm³/mol. The normalized spacial score (nSPS) is 12.0. The van der Waals surface area contributed by atoms with Crippen LogP contribution in [-0.4, -0.2) is 23.8 Å². The lowest BCUT2D eigenvalue weighted by atomic mass is 9.99. The van der Waals surface area contributed by atoms with Crippen molar-refractivity contribution in [3.05, 3.63) is 121 Å². The van der Waals surface area contributed by atoms with Crippen LogP contribution < -0.4 is 10.2 Å². The maximum absolute atomic E-state index is 15.2. The summed E-state index contributed by atoms with van der Waals surface area (Å²) in [5.74, 6) is -8.14. The van der Waals surface area contributed by atoms with Crippen molar-refractivity contribution >= 4 is 23.3 Å². The first-order chi connectivity index (χ1) is 17.9. The molecule has 0 radical (unpaired) electrons. The number of halogens is 3. The van der Waals surface area contributed by atoms with Gasteiger partial charge in [0.1, 0.15) is 0 Å². The Kier molecular flexibility index (Phi) is 8.00. The van der Waals surface area contributed by atoms with Crippen molar-refractivity contribution < 1.29 is 27.8 Å². The number of amides is 1. The molecule has 5 nitrogen and oxygen atoms in total. The van der Waals surface area contributed by atoms with Gasteiger partial charge in [-0.05, 0) is 41.0 Å². The molecule has 0 bridgehead atoms. The van der Waals surface area contributed by atoms with Crippen LogP contribution in [0.5, 0.6) is 0 Å². The first-order valence-electron chi connectivity index (χ1n) is 11.4. The van der Waals surface area contributed by atoms with Gasteiger partial charge in [0, 0.05) is 22.4 Å². The summed E-state index contributed by atoms with van der Waals surface area (Å²) in [6.45, 7) is -0.214. The van der Waals surface area contributed by atoms with Gasteiger partial charge in [-0.2, -0.15) is 8.78 Å². The molecule has 0 aliphatic heterocycles. The van der Waals surface area contributed by atoms with Crippen LogP contribution in [0.15, 0.2) is 115 Å². The Labute approximate surface area is 212 Å². The standard InChI is InChI=1S/C29H23F3N2O3/c30-29(31,28(36)37-32)26(33-20-22-14-10-11-19-25(22)21-12-4-1-5-13-21)27(35)34(23-15-6-2-7-16-23)24-17-8-3-9-18-24/h1-19,26,33H,20H2. The van der Waals surface area contributed by atoms with Crippen molar-refractivity contribution in [1.29, 1.82) is 0 Å². The summed E-state index contributed by atoms with van der Waals surface area (Å²) in [6, 6.07) is 30.2. The number of anilines is 2. The SMILES string of the molecule is O=C(C(NCc1ccccc1-c1ccccc1)C(F)(F)C(=O)OF)N(c1ccccc1)c1ccccc1. The molecule has 1 unspecified atom stereocenters. The van der Waals surface area contributed by atoms with E-state index in [1.165, 1.54) is 0 Å². The maximum Gasteiger partial charge on any atom is 0.419 e. The zero-order chi connectivity index (χ0) is 26.3. The van der Waals surface area contributed by atoms with Crippen molar-refractivity contribution in [2.45, 2.75) is 18.5 Å². The number of para-hydroxylation sites is 2. The zero-order valence-corrected chi connectivity index (χ0v) is 19.6.